The van der Waals surface area contributed by atoms with Gasteiger partial charge in [-0.2, -0.15) is 10.4 Å². The number of benzene rings is 2. The van der Waals surface area contributed by atoms with Crippen LogP contribution in [0.1, 0.15) is 16.9 Å². The highest BCUT2D eigenvalue weighted by Crippen LogP contribution is 2.36. The Hall–Kier alpha value is -3.86. The third-order valence-corrected chi connectivity index (χ3v) is 6.75. The zero-order valence-corrected chi connectivity index (χ0v) is 19.3. The highest BCUT2D eigenvalue weighted by Gasteiger charge is 2.32. The molecule has 0 bridgehead atoms. The molecule has 8 heteroatoms. The van der Waals surface area contributed by atoms with Crippen LogP contribution in [0.5, 0.6) is 0 Å². The Labute approximate surface area is 204 Å². The Morgan fingerprint density at radius 2 is 1.79 bits per heavy atom. The van der Waals surface area contributed by atoms with Crippen LogP contribution in [0.3, 0.4) is 0 Å². The van der Waals surface area contributed by atoms with Crippen LogP contribution in [0.2, 0.25) is 0 Å². The smallest absolute Gasteiger partial charge is 0.249 e. The van der Waals surface area contributed by atoms with E-state index in [1.54, 1.807) is 28.9 Å². The van der Waals surface area contributed by atoms with Gasteiger partial charge in [-0.1, -0.05) is 59.8 Å². The van der Waals surface area contributed by atoms with Gasteiger partial charge in [-0.3, -0.25) is 9.59 Å². The zero-order valence-electron chi connectivity index (χ0n) is 17.7. The molecule has 5 rings (SSSR count). The predicted octanol–water partition coefficient (Wildman–Crippen LogP) is 3.88. The SMILES string of the molecule is N#CC(C(=O)Nc1ccccc1)C(=O)c1nn(-c2ccccc2)c2c1=CSC1=CC=C(Cl)CC=21. The molecule has 1 N–H and O–H groups in total. The molecule has 0 fully saturated rings. The van der Waals surface area contributed by atoms with E-state index in [4.69, 9.17) is 11.6 Å². The van der Waals surface area contributed by atoms with Crippen LogP contribution < -0.4 is 15.9 Å². The number of nitrogens with one attached hydrogen (secondary N) is 1. The first kappa shape index (κ1) is 22.0. The number of amides is 1. The number of para-hydroxylation sites is 2. The third-order valence-electron chi connectivity index (χ3n) is 5.50. The van der Waals surface area contributed by atoms with Crippen LogP contribution >= 0.6 is 23.4 Å². The number of anilines is 1. The first-order valence-electron chi connectivity index (χ1n) is 10.5. The predicted molar refractivity (Wildman–Crippen MR) is 133 cm³/mol. The van der Waals surface area contributed by atoms with Crippen LogP contribution in [0, 0.1) is 17.2 Å². The summed E-state index contributed by atoms with van der Waals surface area (Å²) >= 11 is 7.81. The molecule has 1 aromatic heterocycles. The maximum Gasteiger partial charge on any atom is 0.249 e. The average Bonchev–Trinajstić information content (AvgIpc) is 3.26. The number of rotatable bonds is 5. The Kier molecular flexibility index (Phi) is 5.93. The van der Waals surface area contributed by atoms with Gasteiger partial charge >= 0.3 is 0 Å². The molecule has 166 valence electrons. The molecule has 0 spiro atoms. The number of allylic oxidation sites excluding steroid dienone is 4. The van der Waals surface area contributed by atoms with E-state index in [1.165, 1.54) is 11.8 Å². The first-order valence-corrected chi connectivity index (χ1v) is 11.7. The van der Waals surface area contributed by atoms with Crippen LogP contribution in [-0.2, 0) is 4.79 Å². The fraction of sp³-hybridized carbons (Fsp3) is 0.0769. The van der Waals surface area contributed by atoms with Crippen molar-refractivity contribution in [3.05, 3.63) is 99.0 Å². The van der Waals surface area contributed by atoms with Crippen molar-refractivity contribution in [3.63, 3.8) is 0 Å². The third kappa shape index (κ3) is 3.98. The molecule has 6 nitrogen and oxygen atoms in total. The maximum atomic E-state index is 13.5. The Balaban J connectivity index is 1.64. The molecule has 2 aliphatic rings. The number of nitrogens with zero attached hydrogens (tertiary/aromatic N) is 3. The van der Waals surface area contributed by atoms with Crippen molar-refractivity contribution >= 4 is 51.7 Å². The van der Waals surface area contributed by atoms with Crippen molar-refractivity contribution in [1.29, 1.82) is 5.26 Å². The molecule has 0 radical (unpaired) electrons. The summed E-state index contributed by atoms with van der Waals surface area (Å²) in [7, 11) is 0. The normalized spacial score (nSPS) is 15.0. The van der Waals surface area contributed by atoms with Crippen LogP contribution in [0.4, 0.5) is 5.69 Å². The van der Waals surface area contributed by atoms with Crippen LogP contribution in [-0.4, -0.2) is 21.5 Å². The molecule has 0 saturated heterocycles. The number of halogens is 1. The van der Waals surface area contributed by atoms with E-state index in [0.717, 1.165) is 21.5 Å². The van der Waals surface area contributed by atoms with Crippen molar-refractivity contribution in [3.8, 4) is 11.8 Å². The highest BCUT2D eigenvalue weighted by molar-refractivity contribution is 8.10. The second-order valence-electron chi connectivity index (χ2n) is 7.68. The molecule has 1 atom stereocenters. The summed E-state index contributed by atoms with van der Waals surface area (Å²) in [6.45, 7) is 0. The Bertz CT molecular complexity index is 1530. The molecule has 2 aromatic carbocycles. The summed E-state index contributed by atoms with van der Waals surface area (Å²) in [6, 6.07) is 20.0. The summed E-state index contributed by atoms with van der Waals surface area (Å²) in [5, 5.41) is 20.9. The Morgan fingerprint density at radius 1 is 1.09 bits per heavy atom. The zero-order chi connectivity index (χ0) is 23.7. The minimum Gasteiger partial charge on any atom is -0.325 e. The molecular weight excluding hydrogens is 468 g/mol. The van der Waals surface area contributed by atoms with Gasteiger partial charge in [0.1, 0.15) is 5.69 Å². The number of nitriles is 1. The number of ketones is 1. The summed E-state index contributed by atoms with van der Waals surface area (Å²) < 4.78 is 1.70. The van der Waals surface area contributed by atoms with Crippen LogP contribution in [0.15, 0.2) is 82.8 Å². The fourth-order valence-electron chi connectivity index (χ4n) is 3.89. The van der Waals surface area contributed by atoms with E-state index in [9.17, 15) is 14.9 Å². The number of aromatic nitrogens is 2. The van der Waals surface area contributed by atoms with E-state index in [0.29, 0.717) is 22.4 Å². The highest BCUT2D eigenvalue weighted by atomic mass is 35.5. The van der Waals surface area contributed by atoms with Crippen molar-refractivity contribution in [1.82, 2.24) is 9.78 Å². The topological polar surface area (TPSA) is 87.8 Å². The number of carbonyl (C=O) groups is 2. The van der Waals surface area contributed by atoms with Crippen molar-refractivity contribution in [2.75, 3.05) is 5.32 Å². The number of carbonyl (C=O) groups excluding carboxylic acids is 2. The molecule has 1 aliphatic carbocycles. The van der Waals surface area contributed by atoms with Gasteiger partial charge in [0, 0.05) is 27.3 Å². The van der Waals surface area contributed by atoms with Crippen molar-refractivity contribution in [2.45, 2.75) is 6.42 Å². The molecule has 34 heavy (non-hydrogen) atoms. The summed E-state index contributed by atoms with van der Waals surface area (Å²) in [5.74, 6) is -2.88. The summed E-state index contributed by atoms with van der Waals surface area (Å²) in [4.78, 5) is 27.3. The van der Waals surface area contributed by atoms with E-state index in [-0.39, 0.29) is 5.69 Å². The first-order chi connectivity index (χ1) is 16.6. The minimum atomic E-state index is -1.54. The lowest BCUT2D eigenvalue weighted by Gasteiger charge is -2.17. The average molecular weight is 485 g/mol. The van der Waals surface area contributed by atoms with Crippen molar-refractivity contribution < 1.29 is 9.59 Å². The molecule has 0 saturated carbocycles. The van der Waals surface area contributed by atoms with Gasteiger partial charge in [0.25, 0.3) is 0 Å². The largest absolute Gasteiger partial charge is 0.325 e. The fourth-order valence-corrected chi connectivity index (χ4v) is 5.02. The van der Waals surface area contributed by atoms with E-state index in [2.05, 4.69) is 10.4 Å². The summed E-state index contributed by atoms with van der Waals surface area (Å²) in [5.41, 5.74) is 2.30. The molecule has 1 unspecified atom stereocenters. The molecule has 3 aromatic rings. The van der Waals surface area contributed by atoms with Gasteiger partial charge in [0.05, 0.1) is 17.1 Å². The van der Waals surface area contributed by atoms with Gasteiger partial charge in [0.15, 0.2) is 5.92 Å². The second kappa shape index (κ2) is 9.18. The molecule has 2 heterocycles. The summed E-state index contributed by atoms with van der Waals surface area (Å²) in [6.07, 6.45) is 4.31. The number of Topliss-reactive ketones (excluding diaryl/α,β-unsaturated/α-hetero) is 1. The standard InChI is InChI=1S/C26H17ClN4O2S/c27-16-11-12-22-19(13-16)24-21(15-34-22)23(30-31(24)18-9-5-2-6-10-18)25(32)20(14-28)26(33)29-17-7-3-1-4-8-17/h1-12,15,20H,13H2,(H,29,33). The lowest BCUT2D eigenvalue weighted by Crippen LogP contribution is -2.37. The lowest BCUT2D eigenvalue weighted by molar-refractivity contribution is -0.117. The monoisotopic (exact) mass is 484 g/mol. The van der Waals surface area contributed by atoms with Gasteiger partial charge in [-0.05, 0) is 47.4 Å². The number of thioether (sulfide) groups is 1. The maximum absolute atomic E-state index is 13.5. The lowest BCUT2D eigenvalue weighted by atomic mass is 10.00. The van der Waals surface area contributed by atoms with E-state index < -0.39 is 17.6 Å². The van der Waals surface area contributed by atoms with Gasteiger partial charge < -0.3 is 5.32 Å². The second-order valence-corrected chi connectivity index (χ2v) is 9.07. The molecular formula is C26H17ClN4O2S. The van der Waals surface area contributed by atoms with Gasteiger partial charge in [-0.15, -0.1) is 0 Å². The number of fused-ring (bicyclic) bond motifs is 2. The van der Waals surface area contributed by atoms with Gasteiger partial charge in [0.2, 0.25) is 11.7 Å². The molecule has 1 amide bonds. The van der Waals surface area contributed by atoms with E-state index >= 15 is 0 Å². The van der Waals surface area contributed by atoms with Gasteiger partial charge in [-0.25, -0.2) is 4.68 Å². The Morgan fingerprint density at radius 3 is 2.50 bits per heavy atom. The minimum absolute atomic E-state index is 0.0818. The van der Waals surface area contributed by atoms with E-state index in [1.807, 2.05) is 60.0 Å². The molecule has 1 aliphatic heterocycles. The van der Waals surface area contributed by atoms with Crippen molar-refractivity contribution in [2.24, 2.45) is 5.92 Å². The number of hydrogen-bond donors (Lipinski definition) is 1. The quantitative estimate of drug-likeness (QED) is 0.438. The van der Waals surface area contributed by atoms with Crippen LogP contribution in [0.25, 0.3) is 16.7 Å². The number of hydrogen-bond acceptors (Lipinski definition) is 5.